The lowest BCUT2D eigenvalue weighted by molar-refractivity contribution is -0.397. The van der Waals surface area contributed by atoms with Crippen molar-refractivity contribution in [2.45, 2.75) is 242 Å². The largest absolute Gasteiger partial charge is 0.469 e. The summed E-state index contributed by atoms with van der Waals surface area (Å²) < 4.78 is 53.9. The number of rotatable bonds is 12. The summed E-state index contributed by atoms with van der Waals surface area (Å²) >= 11 is 0. The predicted octanol–water partition coefficient (Wildman–Crippen LogP) is -1.85. The monoisotopic (exact) mass is 1130 g/mol. The Morgan fingerprint density at radius 3 is 1.66 bits per heavy atom. The van der Waals surface area contributed by atoms with Gasteiger partial charge in [-0.3, -0.25) is 9.59 Å². The van der Waals surface area contributed by atoms with Crippen molar-refractivity contribution in [2.75, 3.05) is 26.9 Å². The lowest BCUT2D eigenvalue weighted by atomic mass is 9.33. The van der Waals surface area contributed by atoms with Crippen LogP contribution in [0.15, 0.2) is 11.6 Å². The van der Waals surface area contributed by atoms with E-state index in [1.165, 1.54) is 14.0 Å². The molecule has 0 aromatic carbocycles. The van der Waals surface area contributed by atoms with Crippen LogP contribution >= 0.6 is 0 Å². The molecule has 4 saturated carbocycles. The number of carbonyl (C=O) groups excluding carboxylic acids is 2. The lowest BCUT2D eigenvalue weighted by Crippen LogP contribution is -2.68. The Labute approximate surface area is 459 Å². The van der Waals surface area contributed by atoms with Crippen molar-refractivity contribution in [1.29, 1.82) is 0 Å². The SMILES string of the molecule is COC(=O)C1(C)CCC2(C(=O)OC3OC(CO)C(O)C(O)C3O)CCC3(C)C(=CCC4C5(C)CCC(OC6OC(CO)C(O)C(O)C6OC6OC(CO)C(O)C(O)C6OC6OC(C)C(O)C(O)C6O)C(C)(C)C5CCC43C)C2C1. The van der Waals surface area contributed by atoms with E-state index in [1.54, 1.807) is 0 Å². The van der Waals surface area contributed by atoms with Crippen molar-refractivity contribution in [2.24, 2.45) is 50.2 Å². The molecule has 0 aromatic rings. The normalized spacial score (nSPS) is 53.5. The number of methoxy groups -OCH3 is 1. The van der Waals surface area contributed by atoms with Crippen molar-refractivity contribution in [3.8, 4) is 0 Å². The second-order valence-corrected chi connectivity index (χ2v) is 26.1. The van der Waals surface area contributed by atoms with Gasteiger partial charge < -0.3 is 109 Å². The fraction of sp³-hybridized carbons (Fsp3) is 0.927. The standard InChI is InChI=1S/C55H88O24/c1-23-32(59)36(63)40(67)44(72-23)77-43-39(66)35(62)28(22-58)75-47(43)78-42-38(65)34(61)27(21-57)74-46(42)76-31-12-13-52(5)29(50(31,2)3)11-14-54(7)30(52)10-9-24-25-19-51(4,48(69)71-8)15-17-55(25,18-16-53(24,54)6)49(70)79-45-41(68)37(64)33(60)26(20-56)73-45/h9,23,25-47,56-68H,10-22H2,1-8H3. The van der Waals surface area contributed by atoms with E-state index in [9.17, 15) is 76.0 Å². The van der Waals surface area contributed by atoms with E-state index in [0.29, 0.717) is 38.5 Å². The van der Waals surface area contributed by atoms with Crippen LogP contribution in [0.3, 0.4) is 0 Å². The average Bonchev–Trinajstić information content (AvgIpc) is 3.51. The Bertz CT molecular complexity index is 2220. The Morgan fingerprint density at radius 2 is 1.08 bits per heavy atom. The molecular weight excluding hydrogens is 1040 g/mol. The zero-order valence-electron chi connectivity index (χ0n) is 46.4. The van der Waals surface area contributed by atoms with Gasteiger partial charge in [0.2, 0.25) is 6.29 Å². The number of esters is 2. The molecule has 0 bridgehead atoms. The number of ether oxygens (including phenoxy) is 9. The molecule has 4 saturated heterocycles. The van der Waals surface area contributed by atoms with Crippen LogP contribution in [0.2, 0.25) is 0 Å². The van der Waals surface area contributed by atoms with Gasteiger partial charge in [-0.15, -0.1) is 0 Å². The van der Waals surface area contributed by atoms with Crippen LogP contribution in [-0.4, -0.2) is 234 Å². The molecule has 8 fully saturated rings. The van der Waals surface area contributed by atoms with Crippen molar-refractivity contribution >= 4 is 11.9 Å². The molecule has 24 heteroatoms. The predicted molar refractivity (Wildman–Crippen MR) is 268 cm³/mol. The molecule has 5 aliphatic carbocycles. The Hall–Kier alpha value is -2.12. The van der Waals surface area contributed by atoms with Crippen LogP contribution in [0.1, 0.15) is 113 Å². The highest BCUT2D eigenvalue weighted by Gasteiger charge is 2.71. The van der Waals surface area contributed by atoms with E-state index in [2.05, 4.69) is 40.7 Å². The van der Waals surface area contributed by atoms with Crippen LogP contribution in [0.5, 0.6) is 0 Å². The molecule has 4 aliphatic heterocycles. The topological polar surface area (TPSA) is 380 Å². The van der Waals surface area contributed by atoms with Gasteiger partial charge in [0.1, 0.15) is 91.6 Å². The molecular formula is C55H88O24. The molecule has 29 atom stereocenters. The number of aliphatic hydroxyl groups is 13. The number of carbonyl (C=O) groups is 2. The summed E-state index contributed by atoms with van der Waals surface area (Å²) in [5, 5.41) is 140. The van der Waals surface area contributed by atoms with Gasteiger partial charge in [-0.2, -0.15) is 0 Å². The summed E-state index contributed by atoms with van der Waals surface area (Å²) in [6.45, 7) is 12.2. The van der Waals surface area contributed by atoms with Crippen molar-refractivity contribution in [3.05, 3.63) is 11.6 Å². The average molecular weight is 1130 g/mol. The van der Waals surface area contributed by atoms with Crippen LogP contribution in [-0.2, 0) is 52.2 Å². The third-order valence-corrected chi connectivity index (χ3v) is 21.8. The van der Waals surface area contributed by atoms with Gasteiger partial charge in [0, 0.05) is 0 Å². The number of allylic oxidation sites excluding steroid dienone is 2. The molecule has 79 heavy (non-hydrogen) atoms. The quantitative estimate of drug-likeness (QED) is 0.0579. The third kappa shape index (κ3) is 9.87. The van der Waals surface area contributed by atoms with Gasteiger partial charge in [0.05, 0.1) is 50.0 Å². The maximum Gasteiger partial charge on any atom is 0.315 e. The Kier molecular flexibility index (Phi) is 17.4. The van der Waals surface area contributed by atoms with E-state index in [-0.39, 0.29) is 35.5 Å². The summed E-state index contributed by atoms with van der Waals surface area (Å²) in [6, 6.07) is 0. The molecule has 13 N–H and O–H groups in total. The van der Waals surface area contributed by atoms with Crippen LogP contribution in [0.25, 0.3) is 0 Å². The maximum absolute atomic E-state index is 14.9. The van der Waals surface area contributed by atoms with Crippen LogP contribution in [0, 0.1) is 50.2 Å². The van der Waals surface area contributed by atoms with E-state index < -0.39 is 188 Å². The van der Waals surface area contributed by atoms with E-state index in [4.69, 9.17) is 42.6 Å². The van der Waals surface area contributed by atoms with Crippen molar-refractivity contribution in [1.82, 2.24) is 0 Å². The number of aliphatic hydroxyl groups excluding tert-OH is 13. The molecule has 0 radical (unpaired) electrons. The molecule has 9 aliphatic rings. The fourth-order valence-electron chi connectivity index (χ4n) is 16.7. The first kappa shape index (κ1) is 61.4. The summed E-state index contributed by atoms with van der Waals surface area (Å²) in [4.78, 5) is 28.5. The van der Waals surface area contributed by atoms with Crippen molar-refractivity contribution < 1.29 is 119 Å². The molecule has 24 nitrogen and oxygen atoms in total. The van der Waals surface area contributed by atoms with Gasteiger partial charge in [-0.05, 0) is 117 Å². The molecule has 452 valence electrons. The van der Waals surface area contributed by atoms with Gasteiger partial charge in [-0.1, -0.05) is 46.3 Å². The second-order valence-electron chi connectivity index (χ2n) is 26.1. The zero-order chi connectivity index (χ0) is 57.9. The van der Waals surface area contributed by atoms with Gasteiger partial charge in [0.15, 0.2) is 18.9 Å². The third-order valence-electron chi connectivity index (χ3n) is 21.8. The first-order chi connectivity index (χ1) is 37.0. The first-order valence-electron chi connectivity index (χ1n) is 28.3. The lowest BCUT2D eigenvalue weighted by Gasteiger charge is -2.71. The molecule has 0 aromatic heterocycles. The first-order valence-corrected chi connectivity index (χ1v) is 28.3. The maximum atomic E-state index is 14.9. The Morgan fingerprint density at radius 1 is 0.557 bits per heavy atom. The highest BCUT2D eigenvalue weighted by atomic mass is 16.8. The minimum atomic E-state index is -1.89. The zero-order valence-corrected chi connectivity index (χ0v) is 46.4. The minimum absolute atomic E-state index is 0.0237. The number of hydrogen-bond donors (Lipinski definition) is 13. The fourth-order valence-corrected chi connectivity index (χ4v) is 16.7. The summed E-state index contributed by atoms with van der Waals surface area (Å²) in [6.07, 6.45) is -25.8. The second kappa shape index (κ2) is 22.4. The molecule has 9 rings (SSSR count). The van der Waals surface area contributed by atoms with E-state index in [1.807, 2.05) is 6.92 Å². The van der Waals surface area contributed by atoms with Gasteiger partial charge >= 0.3 is 11.9 Å². The number of fused-ring (bicyclic) bond motifs is 7. The smallest absolute Gasteiger partial charge is 0.315 e. The highest BCUT2D eigenvalue weighted by molar-refractivity contribution is 5.81. The Balaban J connectivity index is 0.980. The summed E-state index contributed by atoms with van der Waals surface area (Å²) in [5.41, 5.74) is -2.77. The van der Waals surface area contributed by atoms with Crippen LogP contribution < -0.4 is 0 Å². The van der Waals surface area contributed by atoms with E-state index in [0.717, 1.165) is 18.4 Å². The summed E-state index contributed by atoms with van der Waals surface area (Å²) in [5.74, 6) is -1.41. The van der Waals surface area contributed by atoms with Crippen LogP contribution in [0.4, 0.5) is 0 Å². The molecule has 4 heterocycles. The molecule has 29 unspecified atom stereocenters. The molecule has 0 spiro atoms. The highest BCUT2D eigenvalue weighted by Crippen LogP contribution is 2.76. The van der Waals surface area contributed by atoms with E-state index >= 15 is 0 Å². The minimum Gasteiger partial charge on any atom is -0.469 e. The van der Waals surface area contributed by atoms with Gasteiger partial charge in [-0.25, -0.2) is 0 Å². The van der Waals surface area contributed by atoms with Crippen molar-refractivity contribution in [3.63, 3.8) is 0 Å². The van der Waals surface area contributed by atoms with Gasteiger partial charge in [0.25, 0.3) is 0 Å². The summed E-state index contributed by atoms with van der Waals surface area (Å²) in [7, 11) is 1.35. The number of hydrogen-bond acceptors (Lipinski definition) is 24. The molecule has 0 amide bonds.